The van der Waals surface area contributed by atoms with Crippen molar-refractivity contribution in [1.29, 1.82) is 0 Å². The zero-order valence-corrected chi connectivity index (χ0v) is 14.4. The van der Waals surface area contributed by atoms with Crippen LogP contribution in [0.25, 0.3) is 5.65 Å². The molecule has 1 fully saturated rings. The van der Waals surface area contributed by atoms with Gasteiger partial charge in [-0.25, -0.2) is 4.39 Å². The van der Waals surface area contributed by atoms with Gasteiger partial charge in [0.1, 0.15) is 11.6 Å². The van der Waals surface area contributed by atoms with Crippen molar-refractivity contribution in [3.63, 3.8) is 0 Å². The Labute approximate surface area is 149 Å². The molecule has 1 N–H and O–H groups in total. The molecule has 7 nitrogen and oxygen atoms in total. The molecule has 0 spiro atoms. The lowest BCUT2D eigenvalue weighted by Crippen LogP contribution is -2.41. The van der Waals surface area contributed by atoms with Crippen molar-refractivity contribution in [3.05, 3.63) is 48.0 Å². The van der Waals surface area contributed by atoms with Gasteiger partial charge in [0.25, 0.3) is 0 Å². The zero-order chi connectivity index (χ0) is 18.1. The predicted molar refractivity (Wildman–Crippen MR) is 95.5 cm³/mol. The van der Waals surface area contributed by atoms with Crippen LogP contribution in [-0.4, -0.2) is 38.8 Å². The molecule has 1 saturated heterocycles. The number of nitrogens with one attached hydrogen (secondary N) is 1. The smallest absolute Gasteiger partial charge is 0.229 e. The Bertz CT molecular complexity index is 956. The highest BCUT2D eigenvalue weighted by Gasteiger charge is 2.27. The molecule has 4 rings (SSSR count). The van der Waals surface area contributed by atoms with E-state index in [-0.39, 0.29) is 17.5 Å². The Hall–Kier alpha value is -3.03. The largest absolute Gasteiger partial charge is 0.354 e. The summed E-state index contributed by atoms with van der Waals surface area (Å²) < 4.78 is 15.5. The van der Waals surface area contributed by atoms with Crippen LogP contribution in [0.15, 0.2) is 36.4 Å². The summed E-state index contributed by atoms with van der Waals surface area (Å²) in [5, 5.41) is 15.3. The summed E-state index contributed by atoms with van der Waals surface area (Å²) in [5.41, 5.74) is 0.909. The molecule has 1 aliphatic rings. The van der Waals surface area contributed by atoms with E-state index in [1.807, 2.05) is 19.1 Å². The van der Waals surface area contributed by atoms with Gasteiger partial charge in [0, 0.05) is 13.1 Å². The molecule has 26 heavy (non-hydrogen) atoms. The van der Waals surface area contributed by atoms with Crippen LogP contribution in [0.4, 0.5) is 15.9 Å². The summed E-state index contributed by atoms with van der Waals surface area (Å²) in [5.74, 6) is 0.685. The summed E-state index contributed by atoms with van der Waals surface area (Å²) in [4.78, 5) is 14.6. The number of carbonyl (C=O) groups excluding carboxylic acids is 1. The third-order valence-corrected chi connectivity index (χ3v) is 4.65. The minimum Gasteiger partial charge on any atom is -0.354 e. The fraction of sp³-hybridized carbons (Fsp3) is 0.333. The van der Waals surface area contributed by atoms with Crippen molar-refractivity contribution < 1.29 is 9.18 Å². The highest BCUT2D eigenvalue weighted by molar-refractivity contribution is 5.93. The van der Waals surface area contributed by atoms with Crippen LogP contribution in [0.1, 0.15) is 18.7 Å². The van der Waals surface area contributed by atoms with E-state index in [1.54, 1.807) is 22.7 Å². The Morgan fingerprint density at radius 3 is 2.92 bits per heavy atom. The van der Waals surface area contributed by atoms with E-state index in [4.69, 9.17) is 0 Å². The molecule has 3 heterocycles. The lowest BCUT2D eigenvalue weighted by molar-refractivity contribution is -0.120. The molecule has 8 heteroatoms. The maximum absolute atomic E-state index is 13.8. The van der Waals surface area contributed by atoms with Crippen molar-refractivity contribution in [2.75, 3.05) is 23.3 Å². The molecule has 134 valence electrons. The third-order valence-electron chi connectivity index (χ3n) is 4.65. The first-order valence-electron chi connectivity index (χ1n) is 8.61. The van der Waals surface area contributed by atoms with Crippen LogP contribution in [0.3, 0.4) is 0 Å². The number of aromatic nitrogens is 4. The van der Waals surface area contributed by atoms with Gasteiger partial charge in [-0.15, -0.1) is 15.3 Å². The number of hydrogen-bond acceptors (Lipinski definition) is 5. The molecule has 0 radical (unpaired) electrons. The second-order valence-corrected chi connectivity index (χ2v) is 6.46. The van der Waals surface area contributed by atoms with Crippen LogP contribution >= 0.6 is 0 Å². The molecule has 1 amide bonds. The maximum Gasteiger partial charge on any atom is 0.229 e. The minimum atomic E-state index is -0.427. The number of carbonyl (C=O) groups is 1. The fourth-order valence-electron chi connectivity index (χ4n) is 3.25. The normalized spacial score (nSPS) is 17.5. The first-order valence-corrected chi connectivity index (χ1v) is 8.61. The van der Waals surface area contributed by atoms with Crippen molar-refractivity contribution in [1.82, 2.24) is 19.8 Å². The lowest BCUT2D eigenvalue weighted by atomic mass is 9.97. The van der Waals surface area contributed by atoms with E-state index >= 15 is 0 Å². The van der Waals surface area contributed by atoms with Crippen LogP contribution in [-0.2, 0) is 4.79 Å². The molecule has 0 saturated carbocycles. The number of rotatable bonds is 3. The molecule has 0 bridgehead atoms. The number of fused-ring (bicyclic) bond motifs is 1. The SMILES string of the molecule is Cc1nnc2ccc(N3CCC[C@@H](C(=O)Nc4ccccc4F)C3)nn12. The molecule has 0 unspecified atom stereocenters. The van der Waals surface area contributed by atoms with Gasteiger partial charge in [-0.3, -0.25) is 4.79 Å². The number of benzene rings is 1. The molecule has 1 aliphatic heterocycles. The standard InChI is InChI=1S/C18H19FN6O/c1-12-21-22-16-8-9-17(23-25(12)16)24-10-4-5-13(11-24)18(26)20-15-7-3-2-6-14(15)19/h2-3,6-9,13H,4-5,10-11H2,1H3,(H,20,26)/t13-/m1/s1. The van der Waals surface area contributed by atoms with Crippen molar-refractivity contribution in [2.45, 2.75) is 19.8 Å². The topological polar surface area (TPSA) is 75.4 Å². The van der Waals surface area contributed by atoms with Gasteiger partial charge >= 0.3 is 0 Å². The van der Waals surface area contributed by atoms with Crippen molar-refractivity contribution in [3.8, 4) is 0 Å². The van der Waals surface area contributed by atoms with Crippen LogP contribution in [0.2, 0.25) is 0 Å². The molecule has 0 aliphatic carbocycles. The van der Waals surface area contributed by atoms with Crippen LogP contribution in [0, 0.1) is 18.7 Å². The van der Waals surface area contributed by atoms with E-state index in [0.717, 1.165) is 25.2 Å². The highest BCUT2D eigenvalue weighted by Crippen LogP contribution is 2.24. The number of halogens is 1. The van der Waals surface area contributed by atoms with E-state index in [2.05, 4.69) is 25.5 Å². The Morgan fingerprint density at radius 2 is 2.08 bits per heavy atom. The van der Waals surface area contributed by atoms with Crippen molar-refractivity contribution in [2.24, 2.45) is 5.92 Å². The molecule has 1 aromatic carbocycles. The predicted octanol–water partition coefficient (Wildman–Crippen LogP) is 2.43. The number of amides is 1. The lowest BCUT2D eigenvalue weighted by Gasteiger charge is -2.32. The summed E-state index contributed by atoms with van der Waals surface area (Å²) in [6, 6.07) is 9.96. The second kappa shape index (κ2) is 6.70. The second-order valence-electron chi connectivity index (χ2n) is 6.46. The van der Waals surface area contributed by atoms with E-state index in [0.29, 0.717) is 18.0 Å². The number of nitrogens with zero attached hydrogens (tertiary/aromatic N) is 5. The first-order chi connectivity index (χ1) is 12.6. The van der Waals surface area contributed by atoms with Crippen LogP contribution in [0.5, 0.6) is 0 Å². The van der Waals surface area contributed by atoms with E-state index in [1.165, 1.54) is 6.07 Å². The molecule has 3 aromatic rings. The number of anilines is 2. The number of para-hydroxylation sites is 1. The van der Waals surface area contributed by atoms with Gasteiger partial charge in [0.2, 0.25) is 5.91 Å². The quantitative estimate of drug-likeness (QED) is 0.782. The van der Waals surface area contributed by atoms with Gasteiger partial charge in [-0.05, 0) is 44.0 Å². The number of aryl methyl sites for hydroxylation is 1. The minimum absolute atomic E-state index is 0.165. The number of piperidine rings is 1. The maximum atomic E-state index is 13.8. The molecular formula is C18H19FN6O. The summed E-state index contributed by atoms with van der Waals surface area (Å²) in [6.07, 6.45) is 1.64. The Balaban J connectivity index is 1.50. The van der Waals surface area contributed by atoms with Gasteiger partial charge < -0.3 is 10.2 Å². The van der Waals surface area contributed by atoms with Gasteiger partial charge in [-0.1, -0.05) is 12.1 Å². The van der Waals surface area contributed by atoms with Crippen LogP contribution < -0.4 is 10.2 Å². The fourth-order valence-corrected chi connectivity index (χ4v) is 3.25. The van der Waals surface area contributed by atoms with E-state index < -0.39 is 5.82 Å². The average molecular weight is 354 g/mol. The van der Waals surface area contributed by atoms with Gasteiger partial charge in [0.15, 0.2) is 11.5 Å². The van der Waals surface area contributed by atoms with E-state index in [9.17, 15) is 9.18 Å². The monoisotopic (exact) mass is 354 g/mol. The molecule has 1 atom stereocenters. The average Bonchev–Trinajstić information content (AvgIpc) is 3.04. The van der Waals surface area contributed by atoms with Gasteiger partial charge in [0.05, 0.1) is 11.6 Å². The summed E-state index contributed by atoms with van der Waals surface area (Å²) in [7, 11) is 0. The highest BCUT2D eigenvalue weighted by atomic mass is 19.1. The Morgan fingerprint density at radius 1 is 1.23 bits per heavy atom. The molecule has 2 aromatic heterocycles. The summed E-state index contributed by atoms with van der Waals surface area (Å²) >= 11 is 0. The summed E-state index contributed by atoms with van der Waals surface area (Å²) in [6.45, 7) is 3.21. The Kier molecular flexibility index (Phi) is 4.24. The molecular weight excluding hydrogens is 335 g/mol. The first kappa shape index (κ1) is 16.4. The van der Waals surface area contributed by atoms with Crippen molar-refractivity contribution >= 4 is 23.1 Å². The number of hydrogen-bond donors (Lipinski definition) is 1. The zero-order valence-electron chi connectivity index (χ0n) is 14.4. The van der Waals surface area contributed by atoms with Gasteiger partial charge in [-0.2, -0.15) is 4.52 Å². The third kappa shape index (κ3) is 3.10.